The van der Waals surface area contributed by atoms with E-state index in [0.29, 0.717) is 10.8 Å². The highest BCUT2D eigenvalue weighted by Gasteiger charge is 2.30. The molecule has 0 saturated heterocycles. The zero-order valence-corrected chi connectivity index (χ0v) is 15.6. The fourth-order valence-electron chi connectivity index (χ4n) is 2.86. The third-order valence-corrected chi connectivity index (χ3v) is 4.50. The number of carbonyl (C=O) groups excluding carboxylic acids is 1. The number of benzene rings is 2. The molecule has 0 aliphatic heterocycles. The lowest BCUT2D eigenvalue weighted by Crippen LogP contribution is -2.32. The highest BCUT2D eigenvalue weighted by atomic mass is 35.5. The van der Waals surface area contributed by atoms with E-state index >= 15 is 0 Å². The zero-order chi connectivity index (χ0) is 20.3. The van der Waals surface area contributed by atoms with Gasteiger partial charge in [-0.25, -0.2) is 4.98 Å². The van der Waals surface area contributed by atoms with Crippen LogP contribution in [0, 0.1) is 0 Å². The first-order valence-corrected chi connectivity index (χ1v) is 8.80. The predicted octanol–water partition coefficient (Wildman–Crippen LogP) is 4.54. The van der Waals surface area contributed by atoms with E-state index in [9.17, 15) is 18.0 Å². The second kappa shape index (κ2) is 8.06. The Kier molecular flexibility index (Phi) is 5.74. The highest BCUT2D eigenvalue weighted by molar-refractivity contribution is 6.30. The second-order valence-electron chi connectivity index (χ2n) is 6.32. The lowest BCUT2D eigenvalue weighted by Gasteiger charge is -2.19. The summed E-state index contributed by atoms with van der Waals surface area (Å²) in [7, 11) is 1.80. The molecule has 0 fully saturated rings. The van der Waals surface area contributed by atoms with Crippen molar-refractivity contribution in [2.75, 3.05) is 0 Å². The molecule has 146 valence electrons. The Morgan fingerprint density at radius 2 is 1.93 bits per heavy atom. The van der Waals surface area contributed by atoms with Gasteiger partial charge in [-0.15, -0.1) is 0 Å². The maximum absolute atomic E-state index is 12.9. The molecule has 1 atom stereocenters. The maximum Gasteiger partial charge on any atom is 0.416 e. The van der Waals surface area contributed by atoms with Crippen LogP contribution in [0.15, 0.2) is 60.9 Å². The van der Waals surface area contributed by atoms with Gasteiger partial charge in [0.05, 0.1) is 12.0 Å². The van der Waals surface area contributed by atoms with Crippen LogP contribution in [-0.2, 0) is 24.4 Å². The molecule has 0 radical (unpaired) electrons. The van der Waals surface area contributed by atoms with E-state index in [0.717, 1.165) is 17.7 Å². The van der Waals surface area contributed by atoms with Crippen LogP contribution in [-0.4, -0.2) is 15.5 Å². The monoisotopic (exact) mass is 407 g/mol. The first-order chi connectivity index (χ1) is 13.2. The van der Waals surface area contributed by atoms with Crippen molar-refractivity contribution in [1.82, 2.24) is 14.9 Å². The Morgan fingerprint density at radius 1 is 1.21 bits per heavy atom. The third-order valence-electron chi connectivity index (χ3n) is 4.24. The molecule has 0 unspecified atom stereocenters. The van der Waals surface area contributed by atoms with Crippen molar-refractivity contribution in [1.29, 1.82) is 0 Å². The van der Waals surface area contributed by atoms with Crippen LogP contribution in [0.5, 0.6) is 0 Å². The van der Waals surface area contributed by atoms with Crippen LogP contribution >= 0.6 is 11.6 Å². The van der Waals surface area contributed by atoms with Gasteiger partial charge in [0.2, 0.25) is 5.91 Å². The van der Waals surface area contributed by atoms with Crippen LogP contribution in [0.2, 0.25) is 5.02 Å². The largest absolute Gasteiger partial charge is 0.416 e. The summed E-state index contributed by atoms with van der Waals surface area (Å²) in [5.74, 6) is 0.182. The summed E-state index contributed by atoms with van der Waals surface area (Å²) in [5, 5.41) is 3.41. The SMILES string of the molecule is Cn1ccnc1[C@H](NC(=O)Cc1cccc(C(F)(F)F)c1)c1ccc(Cl)cc1. The average molecular weight is 408 g/mol. The van der Waals surface area contributed by atoms with E-state index in [-0.39, 0.29) is 12.0 Å². The predicted molar refractivity (Wildman–Crippen MR) is 99.8 cm³/mol. The Labute approximate surface area is 165 Å². The summed E-state index contributed by atoms with van der Waals surface area (Å²) in [6, 6.07) is 11.1. The number of aromatic nitrogens is 2. The lowest BCUT2D eigenvalue weighted by molar-refractivity contribution is -0.137. The maximum atomic E-state index is 12.9. The quantitative estimate of drug-likeness (QED) is 0.675. The molecule has 0 bridgehead atoms. The number of carbonyl (C=O) groups is 1. The van der Waals surface area contributed by atoms with Crippen molar-refractivity contribution in [3.63, 3.8) is 0 Å². The van der Waals surface area contributed by atoms with Gasteiger partial charge in [-0.3, -0.25) is 4.79 Å². The number of aryl methyl sites for hydroxylation is 1. The number of imidazole rings is 1. The Hall–Kier alpha value is -2.80. The number of alkyl halides is 3. The standard InChI is InChI=1S/C20H17ClF3N3O/c1-27-10-9-25-19(27)18(14-5-7-16(21)8-6-14)26-17(28)12-13-3-2-4-15(11-13)20(22,23)24/h2-11,18H,12H2,1H3,(H,26,28)/t18-/m1/s1. The van der Waals surface area contributed by atoms with Crippen molar-refractivity contribution in [3.8, 4) is 0 Å². The van der Waals surface area contributed by atoms with E-state index in [1.54, 1.807) is 48.3 Å². The molecule has 1 N–H and O–H groups in total. The van der Waals surface area contributed by atoms with Gasteiger partial charge in [-0.1, -0.05) is 41.9 Å². The van der Waals surface area contributed by atoms with Crippen LogP contribution in [0.1, 0.15) is 28.6 Å². The molecule has 0 aliphatic rings. The van der Waals surface area contributed by atoms with E-state index < -0.39 is 23.7 Å². The van der Waals surface area contributed by atoms with Gasteiger partial charge >= 0.3 is 6.18 Å². The molecule has 1 heterocycles. The van der Waals surface area contributed by atoms with Gasteiger partial charge in [0, 0.05) is 24.5 Å². The van der Waals surface area contributed by atoms with E-state index in [1.165, 1.54) is 12.1 Å². The molecule has 28 heavy (non-hydrogen) atoms. The molecule has 1 aromatic heterocycles. The number of halogens is 4. The van der Waals surface area contributed by atoms with Gasteiger partial charge < -0.3 is 9.88 Å². The van der Waals surface area contributed by atoms with Gasteiger partial charge in [-0.2, -0.15) is 13.2 Å². The summed E-state index contributed by atoms with van der Waals surface area (Å²) < 4.78 is 40.4. The normalized spacial score (nSPS) is 12.6. The Bertz CT molecular complexity index is 967. The fraction of sp³-hybridized carbons (Fsp3) is 0.200. The van der Waals surface area contributed by atoms with E-state index in [2.05, 4.69) is 10.3 Å². The van der Waals surface area contributed by atoms with Crippen LogP contribution in [0.4, 0.5) is 13.2 Å². The molecule has 0 spiro atoms. The molecular formula is C20H17ClF3N3O. The van der Waals surface area contributed by atoms with Crippen LogP contribution in [0.3, 0.4) is 0 Å². The molecule has 1 amide bonds. The molecule has 2 aromatic carbocycles. The molecule has 3 aromatic rings. The molecular weight excluding hydrogens is 391 g/mol. The Balaban J connectivity index is 1.82. The number of rotatable bonds is 5. The summed E-state index contributed by atoms with van der Waals surface area (Å²) in [6.07, 6.45) is -1.28. The van der Waals surface area contributed by atoms with Crippen molar-refractivity contribution < 1.29 is 18.0 Å². The average Bonchev–Trinajstić information content (AvgIpc) is 3.06. The second-order valence-corrected chi connectivity index (χ2v) is 6.76. The van der Waals surface area contributed by atoms with Crippen molar-refractivity contribution >= 4 is 17.5 Å². The first-order valence-electron chi connectivity index (χ1n) is 8.42. The summed E-state index contributed by atoms with van der Waals surface area (Å²) in [5.41, 5.74) is 0.259. The topological polar surface area (TPSA) is 46.9 Å². The fourth-order valence-corrected chi connectivity index (χ4v) is 2.99. The minimum Gasteiger partial charge on any atom is -0.342 e. The molecule has 4 nitrogen and oxygen atoms in total. The smallest absolute Gasteiger partial charge is 0.342 e. The van der Waals surface area contributed by atoms with Crippen molar-refractivity contribution in [3.05, 3.63) is 88.5 Å². The molecule has 0 aliphatic carbocycles. The van der Waals surface area contributed by atoms with Crippen LogP contribution < -0.4 is 5.32 Å². The Morgan fingerprint density at radius 3 is 2.54 bits per heavy atom. The van der Waals surface area contributed by atoms with Gasteiger partial charge in [0.25, 0.3) is 0 Å². The molecule has 3 rings (SSSR count). The minimum absolute atomic E-state index is 0.182. The number of amides is 1. The lowest BCUT2D eigenvalue weighted by atomic mass is 10.0. The van der Waals surface area contributed by atoms with Gasteiger partial charge in [-0.05, 0) is 29.3 Å². The van der Waals surface area contributed by atoms with E-state index in [1.807, 2.05) is 0 Å². The number of hydrogen-bond acceptors (Lipinski definition) is 2. The van der Waals surface area contributed by atoms with Crippen molar-refractivity contribution in [2.24, 2.45) is 7.05 Å². The summed E-state index contributed by atoms with van der Waals surface area (Å²) in [6.45, 7) is 0. The van der Waals surface area contributed by atoms with Crippen LogP contribution in [0.25, 0.3) is 0 Å². The third kappa shape index (κ3) is 4.72. The molecule has 0 saturated carbocycles. The summed E-state index contributed by atoms with van der Waals surface area (Å²) >= 11 is 5.94. The molecule has 8 heteroatoms. The van der Waals surface area contributed by atoms with E-state index in [4.69, 9.17) is 11.6 Å². The zero-order valence-electron chi connectivity index (χ0n) is 14.9. The number of nitrogens with zero attached hydrogens (tertiary/aromatic N) is 2. The minimum atomic E-state index is -4.45. The summed E-state index contributed by atoms with van der Waals surface area (Å²) in [4.78, 5) is 16.9. The first kappa shape index (κ1) is 19.9. The number of nitrogens with one attached hydrogen (secondary N) is 1. The van der Waals surface area contributed by atoms with Gasteiger partial charge in [0.15, 0.2) is 0 Å². The highest BCUT2D eigenvalue weighted by Crippen LogP contribution is 2.29. The number of hydrogen-bond donors (Lipinski definition) is 1. The van der Waals surface area contributed by atoms with Gasteiger partial charge in [0.1, 0.15) is 11.9 Å². The van der Waals surface area contributed by atoms with Crippen molar-refractivity contribution in [2.45, 2.75) is 18.6 Å².